The molecule has 0 aliphatic heterocycles. The molecule has 1 atom stereocenters. The number of rotatable bonds is 12. The summed E-state index contributed by atoms with van der Waals surface area (Å²) < 4.78 is 5.66. The maximum atomic E-state index is 11.9. The number of anilines is 2. The van der Waals surface area contributed by atoms with Crippen molar-refractivity contribution in [3.05, 3.63) is 40.6 Å². The zero-order valence-electron chi connectivity index (χ0n) is 19.9. The summed E-state index contributed by atoms with van der Waals surface area (Å²) in [6.45, 7) is 4.15. The SMILES string of the molecule is CCC[C@@H](CCO)Nc1nc(N)nc(C)c1Cc1ccc(CCC(=O)N(C)C)cc1OC. The lowest BCUT2D eigenvalue weighted by Gasteiger charge is -2.21. The molecule has 0 saturated carbocycles. The van der Waals surface area contributed by atoms with E-state index in [1.165, 1.54) is 0 Å². The molecule has 8 heteroatoms. The van der Waals surface area contributed by atoms with Gasteiger partial charge in [-0.3, -0.25) is 4.79 Å². The summed E-state index contributed by atoms with van der Waals surface area (Å²) in [5.41, 5.74) is 9.75. The number of nitrogens with zero attached hydrogens (tertiary/aromatic N) is 3. The largest absolute Gasteiger partial charge is 0.496 e. The molecule has 0 aliphatic carbocycles. The van der Waals surface area contributed by atoms with Crippen molar-refractivity contribution in [2.45, 2.75) is 58.4 Å². The van der Waals surface area contributed by atoms with Crippen molar-refractivity contribution in [1.82, 2.24) is 14.9 Å². The van der Waals surface area contributed by atoms with Gasteiger partial charge in [0.25, 0.3) is 0 Å². The van der Waals surface area contributed by atoms with E-state index in [1.807, 2.05) is 25.1 Å². The first-order valence-electron chi connectivity index (χ1n) is 11.1. The van der Waals surface area contributed by atoms with Crippen molar-refractivity contribution in [2.24, 2.45) is 0 Å². The number of nitrogen functional groups attached to an aromatic ring is 1. The topological polar surface area (TPSA) is 114 Å². The van der Waals surface area contributed by atoms with Crippen molar-refractivity contribution in [1.29, 1.82) is 0 Å². The number of aliphatic hydroxyl groups excluding tert-OH is 1. The van der Waals surface area contributed by atoms with E-state index in [2.05, 4.69) is 22.2 Å². The minimum absolute atomic E-state index is 0.0999. The highest BCUT2D eigenvalue weighted by molar-refractivity contribution is 5.75. The molecular weight excluding hydrogens is 406 g/mol. The van der Waals surface area contributed by atoms with E-state index in [0.29, 0.717) is 31.5 Å². The number of carbonyl (C=O) groups excluding carboxylic acids is 1. The highest BCUT2D eigenvalue weighted by Crippen LogP contribution is 2.28. The number of aliphatic hydroxyl groups is 1. The number of aryl methyl sites for hydroxylation is 2. The molecule has 1 heterocycles. The third-order valence-electron chi connectivity index (χ3n) is 5.53. The monoisotopic (exact) mass is 443 g/mol. The maximum absolute atomic E-state index is 11.9. The van der Waals surface area contributed by atoms with Crippen LogP contribution >= 0.6 is 0 Å². The Morgan fingerprint density at radius 1 is 1.28 bits per heavy atom. The molecule has 1 aromatic carbocycles. The Morgan fingerprint density at radius 2 is 2.03 bits per heavy atom. The fourth-order valence-corrected chi connectivity index (χ4v) is 3.69. The van der Waals surface area contributed by atoms with Crippen LogP contribution in [-0.2, 0) is 17.6 Å². The molecule has 0 fully saturated rings. The second kappa shape index (κ2) is 12.2. The Morgan fingerprint density at radius 3 is 2.66 bits per heavy atom. The Bertz CT molecular complexity index is 895. The number of nitrogens with two attached hydrogens (primary N) is 1. The summed E-state index contributed by atoms with van der Waals surface area (Å²) in [5.74, 6) is 1.79. The van der Waals surface area contributed by atoms with Crippen LogP contribution in [0.1, 0.15) is 55.0 Å². The summed E-state index contributed by atoms with van der Waals surface area (Å²) in [4.78, 5) is 22.3. The normalized spacial score (nSPS) is 11.8. The quantitative estimate of drug-likeness (QED) is 0.462. The summed E-state index contributed by atoms with van der Waals surface area (Å²) >= 11 is 0. The van der Waals surface area contributed by atoms with Gasteiger partial charge in [0.1, 0.15) is 11.6 Å². The molecule has 0 radical (unpaired) electrons. The molecule has 2 aromatic rings. The van der Waals surface area contributed by atoms with Crippen LogP contribution in [0.15, 0.2) is 18.2 Å². The molecule has 0 unspecified atom stereocenters. The predicted octanol–water partition coefficient (Wildman–Crippen LogP) is 2.95. The van der Waals surface area contributed by atoms with Crippen LogP contribution in [0.3, 0.4) is 0 Å². The van der Waals surface area contributed by atoms with E-state index in [-0.39, 0.29) is 24.5 Å². The fraction of sp³-hybridized carbons (Fsp3) is 0.542. The molecule has 0 saturated heterocycles. The number of ether oxygens (including phenoxy) is 1. The third-order valence-corrected chi connectivity index (χ3v) is 5.53. The van der Waals surface area contributed by atoms with Gasteiger partial charge in [-0.15, -0.1) is 0 Å². The van der Waals surface area contributed by atoms with Crippen molar-refractivity contribution < 1.29 is 14.6 Å². The summed E-state index contributed by atoms with van der Waals surface area (Å²) in [6.07, 6.45) is 4.25. The number of hydrogen-bond acceptors (Lipinski definition) is 7. The van der Waals surface area contributed by atoms with Crippen LogP contribution in [0.25, 0.3) is 0 Å². The molecule has 0 spiro atoms. The minimum Gasteiger partial charge on any atom is -0.496 e. The Hall–Kier alpha value is -2.87. The Labute approximate surface area is 191 Å². The molecule has 1 amide bonds. The number of amides is 1. The first-order valence-corrected chi connectivity index (χ1v) is 11.1. The summed E-state index contributed by atoms with van der Waals surface area (Å²) in [6, 6.07) is 6.17. The zero-order chi connectivity index (χ0) is 23.7. The molecule has 1 aromatic heterocycles. The van der Waals surface area contributed by atoms with Gasteiger partial charge in [-0.2, -0.15) is 4.98 Å². The highest BCUT2D eigenvalue weighted by Gasteiger charge is 2.17. The molecule has 176 valence electrons. The van der Waals surface area contributed by atoms with Gasteiger partial charge in [0.05, 0.1) is 7.11 Å². The average Bonchev–Trinajstić information content (AvgIpc) is 2.75. The lowest BCUT2D eigenvalue weighted by molar-refractivity contribution is -0.128. The highest BCUT2D eigenvalue weighted by atomic mass is 16.5. The van der Waals surface area contributed by atoms with Gasteiger partial charge < -0.3 is 25.8 Å². The van der Waals surface area contributed by atoms with Crippen LogP contribution in [0.2, 0.25) is 0 Å². The number of aromatic nitrogens is 2. The smallest absolute Gasteiger partial charge is 0.222 e. The summed E-state index contributed by atoms with van der Waals surface area (Å²) in [7, 11) is 5.18. The predicted molar refractivity (Wildman–Crippen MR) is 128 cm³/mol. The number of carbonyl (C=O) groups is 1. The molecule has 4 N–H and O–H groups in total. The maximum Gasteiger partial charge on any atom is 0.222 e. The van der Waals surface area contributed by atoms with Crippen LogP contribution in [-0.4, -0.2) is 59.7 Å². The Kier molecular flexibility index (Phi) is 9.71. The van der Waals surface area contributed by atoms with Crippen LogP contribution in [0.4, 0.5) is 11.8 Å². The van der Waals surface area contributed by atoms with Crippen molar-refractivity contribution in [3.63, 3.8) is 0 Å². The molecule has 0 aliphatic rings. The van der Waals surface area contributed by atoms with E-state index in [9.17, 15) is 9.90 Å². The number of methoxy groups -OCH3 is 1. The summed E-state index contributed by atoms with van der Waals surface area (Å²) in [5, 5.41) is 12.9. The third kappa shape index (κ3) is 7.09. The first-order chi connectivity index (χ1) is 15.3. The van der Waals surface area contributed by atoms with Gasteiger partial charge in [-0.05, 0) is 43.4 Å². The molecule has 8 nitrogen and oxygen atoms in total. The number of hydrogen-bond donors (Lipinski definition) is 3. The second-order valence-corrected chi connectivity index (χ2v) is 8.25. The van der Waals surface area contributed by atoms with Crippen molar-refractivity contribution >= 4 is 17.7 Å². The van der Waals surface area contributed by atoms with Gasteiger partial charge in [0.15, 0.2) is 0 Å². The average molecular weight is 444 g/mol. The molecular formula is C24H37N5O3. The second-order valence-electron chi connectivity index (χ2n) is 8.25. The van der Waals surface area contributed by atoms with Gasteiger partial charge in [-0.25, -0.2) is 4.98 Å². The minimum atomic E-state index is 0.0999. The van der Waals surface area contributed by atoms with E-state index in [4.69, 9.17) is 10.5 Å². The van der Waals surface area contributed by atoms with Gasteiger partial charge in [-0.1, -0.05) is 25.5 Å². The van der Waals surface area contributed by atoms with E-state index in [1.54, 1.807) is 26.1 Å². The van der Waals surface area contributed by atoms with Crippen molar-refractivity contribution in [3.8, 4) is 5.75 Å². The van der Waals surface area contributed by atoms with Gasteiger partial charge >= 0.3 is 0 Å². The Balaban J connectivity index is 2.30. The fourth-order valence-electron chi connectivity index (χ4n) is 3.69. The van der Waals surface area contributed by atoms with E-state index in [0.717, 1.165) is 41.0 Å². The number of nitrogens with one attached hydrogen (secondary N) is 1. The standard InChI is InChI=1S/C24H37N5O3/c1-6-7-19(12-13-30)27-23-20(16(2)26-24(25)28-23)15-18-10-8-17(14-21(18)32-5)9-11-22(31)29(3)4/h8,10,14,19,30H,6-7,9,11-13,15H2,1-5H3,(H3,25,26,27,28)/t19-/m0/s1. The lowest BCUT2D eigenvalue weighted by Crippen LogP contribution is -2.23. The van der Waals surface area contributed by atoms with Crippen molar-refractivity contribution in [2.75, 3.05) is 38.9 Å². The molecule has 2 rings (SSSR count). The number of benzene rings is 1. The van der Waals surface area contributed by atoms with Gasteiger partial charge in [0, 0.05) is 50.8 Å². The lowest BCUT2D eigenvalue weighted by atomic mass is 9.99. The van der Waals surface area contributed by atoms with Gasteiger partial charge in [0.2, 0.25) is 11.9 Å². The van der Waals surface area contributed by atoms with Crippen LogP contribution in [0.5, 0.6) is 5.75 Å². The first kappa shape index (κ1) is 25.4. The molecule has 32 heavy (non-hydrogen) atoms. The van der Waals surface area contributed by atoms with Crippen LogP contribution < -0.4 is 15.8 Å². The zero-order valence-corrected chi connectivity index (χ0v) is 19.9. The van der Waals surface area contributed by atoms with E-state index < -0.39 is 0 Å². The van der Waals surface area contributed by atoms with E-state index >= 15 is 0 Å². The van der Waals surface area contributed by atoms with Crippen LogP contribution in [0, 0.1) is 6.92 Å². The molecule has 0 bridgehead atoms.